The molecule has 21 heavy (non-hydrogen) atoms. The molecule has 0 saturated heterocycles. The first-order valence-corrected chi connectivity index (χ1v) is 8.47. The highest BCUT2D eigenvalue weighted by Gasteiger charge is 2.32. The summed E-state index contributed by atoms with van der Waals surface area (Å²) >= 11 is 0. The van der Waals surface area contributed by atoms with Crippen molar-refractivity contribution < 1.29 is 0 Å². The monoisotopic (exact) mass is 288 g/mol. The molecule has 1 saturated carbocycles. The molecule has 0 aliphatic heterocycles. The third-order valence-electron chi connectivity index (χ3n) is 5.43. The Balaban J connectivity index is 2.03. The van der Waals surface area contributed by atoms with Crippen molar-refractivity contribution >= 4 is 0 Å². The zero-order valence-corrected chi connectivity index (χ0v) is 14.2. The molecule has 1 aliphatic rings. The summed E-state index contributed by atoms with van der Waals surface area (Å²) in [6.45, 7) is 7.06. The minimum absolute atomic E-state index is 0.108. The fraction of sp³-hybridized carbons (Fsp3) is 0.684. The van der Waals surface area contributed by atoms with Gasteiger partial charge in [0.25, 0.3) is 0 Å². The fourth-order valence-corrected chi connectivity index (χ4v) is 3.75. The van der Waals surface area contributed by atoms with Gasteiger partial charge in [0.15, 0.2) is 0 Å². The van der Waals surface area contributed by atoms with E-state index in [9.17, 15) is 0 Å². The summed E-state index contributed by atoms with van der Waals surface area (Å²) < 4.78 is 0. The molecule has 2 atom stereocenters. The van der Waals surface area contributed by atoms with Crippen LogP contribution in [0.3, 0.4) is 0 Å². The van der Waals surface area contributed by atoms with Crippen LogP contribution in [0.1, 0.15) is 64.5 Å². The van der Waals surface area contributed by atoms with Gasteiger partial charge in [-0.1, -0.05) is 51.1 Å². The minimum Gasteiger partial charge on any atom is -0.323 e. The van der Waals surface area contributed by atoms with Crippen LogP contribution in [0.25, 0.3) is 0 Å². The largest absolute Gasteiger partial charge is 0.323 e. The second-order valence-electron chi connectivity index (χ2n) is 7.47. The zero-order valence-electron chi connectivity index (χ0n) is 14.2. The molecule has 1 aliphatic carbocycles. The predicted octanol–water partition coefficient (Wildman–Crippen LogP) is 4.37. The van der Waals surface area contributed by atoms with Gasteiger partial charge in [-0.05, 0) is 50.1 Å². The van der Waals surface area contributed by atoms with E-state index in [0.29, 0.717) is 17.5 Å². The molecule has 2 N–H and O–H groups in total. The Labute approximate surface area is 130 Å². The number of rotatable bonds is 5. The van der Waals surface area contributed by atoms with Gasteiger partial charge in [0.05, 0.1) is 0 Å². The van der Waals surface area contributed by atoms with E-state index in [1.54, 1.807) is 0 Å². The molecule has 0 bridgehead atoms. The molecule has 0 heterocycles. The molecular weight excluding hydrogens is 256 g/mol. The molecule has 1 aromatic carbocycles. The molecule has 0 radical (unpaired) electrons. The molecule has 2 nitrogen and oxygen atoms in total. The van der Waals surface area contributed by atoms with E-state index in [4.69, 9.17) is 5.73 Å². The third kappa shape index (κ3) is 4.08. The van der Waals surface area contributed by atoms with Crippen LogP contribution >= 0.6 is 0 Å². The number of likely N-dealkylation sites (N-methyl/N-ethyl adjacent to an activating group) is 1. The van der Waals surface area contributed by atoms with Gasteiger partial charge in [-0.3, -0.25) is 4.90 Å². The summed E-state index contributed by atoms with van der Waals surface area (Å²) in [7, 11) is 2.28. The van der Waals surface area contributed by atoms with Crippen molar-refractivity contribution in [1.29, 1.82) is 0 Å². The molecule has 1 aromatic rings. The lowest BCUT2D eigenvalue weighted by atomic mass is 9.75. The van der Waals surface area contributed by atoms with E-state index in [1.165, 1.54) is 31.2 Å². The molecule has 2 unspecified atom stereocenters. The van der Waals surface area contributed by atoms with Crippen LogP contribution in [0.4, 0.5) is 0 Å². The summed E-state index contributed by atoms with van der Waals surface area (Å²) in [5.74, 6) is 0. The van der Waals surface area contributed by atoms with Gasteiger partial charge in [-0.2, -0.15) is 0 Å². The van der Waals surface area contributed by atoms with E-state index in [1.807, 2.05) is 0 Å². The quantitative estimate of drug-likeness (QED) is 0.872. The Morgan fingerprint density at radius 2 is 1.76 bits per heavy atom. The first-order valence-electron chi connectivity index (χ1n) is 8.47. The fourth-order valence-electron chi connectivity index (χ4n) is 3.75. The first-order chi connectivity index (χ1) is 9.94. The van der Waals surface area contributed by atoms with Crippen molar-refractivity contribution in [2.24, 2.45) is 11.1 Å². The van der Waals surface area contributed by atoms with Gasteiger partial charge in [0, 0.05) is 18.1 Å². The van der Waals surface area contributed by atoms with Crippen molar-refractivity contribution in [3.05, 3.63) is 35.9 Å². The van der Waals surface area contributed by atoms with Crippen molar-refractivity contribution in [2.45, 2.75) is 71.0 Å². The summed E-state index contributed by atoms with van der Waals surface area (Å²) in [6.07, 6.45) is 6.38. The molecular formula is C19H32N2. The maximum Gasteiger partial charge on any atom is 0.0452 e. The van der Waals surface area contributed by atoms with Crippen molar-refractivity contribution in [2.75, 3.05) is 7.05 Å². The highest BCUT2D eigenvalue weighted by atomic mass is 15.2. The molecule has 118 valence electrons. The number of nitrogens with zero attached hydrogens (tertiary/aromatic N) is 1. The SMILES string of the molecule is CCC(C(N)c1ccccc1)N(C)C1CCC(C)(C)CC1. The highest BCUT2D eigenvalue weighted by Crippen LogP contribution is 2.38. The first kappa shape index (κ1) is 16.5. The van der Waals surface area contributed by atoms with Crippen LogP contribution in [0.5, 0.6) is 0 Å². The van der Waals surface area contributed by atoms with E-state index >= 15 is 0 Å². The summed E-state index contributed by atoms with van der Waals surface area (Å²) in [6, 6.07) is 11.8. The van der Waals surface area contributed by atoms with Crippen LogP contribution in [0.2, 0.25) is 0 Å². The van der Waals surface area contributed by atoms with Crippen LogP contribution in [0, 0.1) is 5.41 Å². The van der Waals surface area contributed by atoms with Gasteiger partial charge < -0.3 is 5.73 Å². The van der Waals surface area contributed by atoms with Crippen molar-refractivity contribution in [3.8, 4) is 0 Å². The maximum absolute atomic E-state index is 6.57. The molecule has 1 fully saturated rings. The average Bonchev–Trinajstić information content (AvgIpc) is 2.48. The smallest absolute Gasteiger partial charge is 0.0452 e. The van der Waals surface area contributed by atoms with E-state index in [-0.39, 0.29) is 6.04 Å². The maximum atomic E-state index is 6.57. The Bertz CT molecular complexity index is 416. The summed E-state index contributed by atoms with van der Waals surface area (Å²) in [4.78, 5) is 2.56. The normalized spacial score (nSPS) is 22.2. The number of hydrogen-bond donors (Lipinski definition) is 1. The van der Waals surface area contributed by atoms with E-state index in [0.717, 1.165) is 6.42 Å². The second-order valence-corrected chi connectivity index (χ2v) is 7.47. The Morgan fingerprint density at radius 1 is 1.19 bits per heavy atom. The average molecular weight is 288 g/mol. The molecule has 2 heteroatoms. The van der Waals surface area contributed by atoms with Crippen LogP contribution in [-0.2, 0) is 0 Å². The van der Waals surface area contributed by atoms with Gasteiger partial charge >= 0.3 is 0 Å². The van der Waals surface area contributed by atoms with Gasteiger partial charge in [0.1, 0.15) is 0 Å². The predicted molar refractivity (Wildman–Crippen MR) is 91.2 cm³/mol. The van der Waals surface area contributed by atoms with Crippen molar-refractivity contribution in [3.63, 3.8) is 0 Å². The Hall–Kier alpha value is -0.860. The van der Waals surface area contributed by atoms with E-state index < -0.39 is 0 Å². The number of hydrogen-bond acceptors (Lipinski definition) is 2. The Morgan fingerprint density at radius 3 is 2.29 bits per heavy atom. The summed E-state index contributed by atoms with van der Waals surface area (Å²) in [5, 5.41) is 0. The third-order valence-corrected chi connectivity index (χ3v) is 5.43. The van der Waals surface area contributed by atoms with Crippen LogP contribution in [-0.4, -0.2) is 24.0 Å². The van der Waals surface area contributed by atoms with Gasteiger partial charge in [0.2, 0.25) is 0 Å². The topological polar surface area (TPSA) is 29.3 Å². The summed E-state index contributed by atoms with van der Waals surface area (Å²) in [5.41, 5.74) is 8.35. The Kier molecular flexibility index (Phi) is 5.45. The van der Waals surface area contributed by atoms with E-state index in [2.05, 4.69) is 63.1 Å². The zero-order chi connectivity index (χ0) is 15.5. The number of benzene rings is 1. The molecule has 0 aromatic heterocycles. The second kappa shape index (κ2) is 6.93. The van der Waals surface area contributed by atoms with Crippen LogP contribution in [0.15, 0.2) is 30.3 Å². The minimum atomic E-state index is 0.108. The molecule has 0 spiro atoms. The van der Waals surface area contributed by atoms with Gasteiger partial charge in [-0.15, -0.1) is 0 Å². The van der Waals surface area contributed by atoms with Crippen molar-refractivity contribution in [1.82, 2.24) is 4.90 Å². The lowest BCUT2D eigenvalue weighted by Crippen LogP contribution is -2.47. The lowest BCUT2D eigenvalue weighted by molar-refractivity contribution is 0.0816. The van der Waals surface area contributed by atoms with Gasteiger partial charge in [-0.25, -0.2) is 0 Å². The lowest BCUT2D eigenvalue weighted by Gasteiger charge is -2.43. The number of nitrogens with two attached hydrogens (primary N) is 1. The molecule has 2 rings (SSSR count). The standard InChI is InChI=1S/C19H32N2/c1-5-17(18(20)15-9-7-6-8-10-15)21(4)16-11-13-19(2,3)14-12-16/h6-10,16-18H,5,11-14,20H2,1-4H3. The molecule has 0 amide bonds. The van der Waals surface area contributed by atoms with Crippen LogP contribution < -0.4 is 5.73 Å². The highest BCUT2D eigenvalue weighted by molar-refractivity contribution is 5.20.